The molecule has 0 spiro atoms. The number of carbonyl (C=O) groups is 1. The highest BCUT2D eigenvalue weighted by Gasteiger charge is 2.44. The summed E-state index contributed by atoms with van der Waals surface area (Å²) in [5.41, 5.74) is -0.0289. The highest BCUT2D eigenvalue weighted by Crippen LogP contribution is 2.46. The lowest BCUT2D eigenvalue weighted by Gasteiger charge is -2.40. The highest BCUT2D eigenvalue weighted by molar-refractivity contribution is 5.76. The summed E-state index contributed by atoms with van der Waals surface area (Å²) < 4.78 is 10.5. The maximum absolute atomic E-state index is 12.7. The Morgan fingerprint density at radius 1 is 1.19 bits per heavy atom. The molecule has 0 aromatic carbocycles. The number of amides is 1. The SMILES string of the molecule is COCc1nc(C2(CC3CC3)CCN(C(=O)CCC3CCCC3)CC2)no1. The van der Waals surface area contributed by atoms with E-state index in [1.807, 2.05) is 0 Å². The van der Waals surface area contributed by atoms with Crippen molar-refractivity contribution in [2.75, 3.05) is 20.2 Å². The monoisotopic (exact) mass is 375 g/mol. The Hall–Kier alpha value is -1.43. The van der Waals surface area contributed by atoms with Crippen LogP contribution in [0.15, 0.2) is 4.52 Å². The Kier molecular flexibility index (Phi) is 5.81. The Labute approximate surface area is 162 Å². The number of piperidine rings is 1. The van der Waals surface area contributed by atoms with E-state index < -0.39 is 0 Å². The lowest BCUT2D eigenvalue weighted by Crippen LogP contribution is -2.46. The van der Waals surface area contributed by atoms with E-state index in [4.69, 9.17) is 9.26 Å². The molecule has 4 rings (SSSR count). The molecule has 0 bridgehead atoms. The van der Waals surface area contributed by atoms with Crippen LogP contribution in [-0.2, 0) is 21.6 Å². The van der Waals surface area contributed by atoms with Gasteiger partial charge in [0.2, 0.25) is 5.91 Å². The molecule has 1 aromatic heterocycles. The molecule has 3 fully saturated rings. The third-order valence-electron chi connectivity index (χ3n) is 6.90. The van der Waals surface area contributed by atoms with Crippen molar-refractivity contribution in [3.05, 3.63) is 11.7 Å². The molecule has 27 heavy (non-hydrogen) atoms. The van der Waals surface area contributed by atoms with Gasteiger partial charge >= 0.3 is 0 Å². The van der Waals surface area contributed by atoms with Crippen LogP contribution in [0.1, 0.15) is 82.3 Å². The fourth-order valence-electron chi connectivity index (χ4n) is 5.01. The molecule has 0 unspecified atom stereocenters. The maximum atomic E-state index is 12.7. The molecule has 1 aliphatic heterocycles. The summed E-state index contributed by atoms with van der Waals surface area (Å²) in [7, 11) is 1.64. The van der Waals surface area contributed by atoms with Crippen LogP contribution in [0.2, 0.25) is 0 Å². The first-order valence-electron chi connectivity index (χ1n) is 10.8. The first-order chi connectivity index (χ1) is 13.2. The summed E-state index contributed by atoms with van der Waals surface area (Å²) in [6.07, 6.45) is 12.8. The molecule has 0 N–H and O–H groups in total. The second kappa shape index (κ2) is 8.29. The van der Waals surface area contributed by atoms with Gasteiger partial charge in [0.1, 0.15) is 6.61 Å². The first kappa shape index (κ1) is 18.9. The zero-order valence-corrected chi connectivity index (χ0v) is 16.6. The molecule has 150 valence electrons. The second-order valence-corrected chi connectivity index (χ2v) is 8.94. The summed E-state index contributed by atoms with van der Waals surface area (Å²) in [6, 6.07) is 0. The molecule has 2 aliphatic carbocycles. The molecule has 0 atom stereocenters. The van der Waals surface area contributed by atoms with Crippen LogP contribution in [0.3, 0.4) is 0 Å². The average molecular weight is 376 g/mol. The number of likely N-dealkylation sites (tertiary alicyclic amines) is 1. The molecule has 2 saturated carbocycles. The molecule has 6 heteroatoms. The van der Waals surface area contributed by atoms with E-state index in [1.165, 1.54) is 38.5 Å². The van der Waals surface area contributed by atoms with E-state index in [2.05, 4.69) is 15.0 Å². The van der Waals surface area contributed by atoms with E-state index >= 15 is 0 Å². The number of methoxy groups -OCH3 is 1. The summed E-state index contributed by atoms with van der Waals surface area (Å²) in [6.45, 7) is 2.01. The van der Waals surface area contributed by atoms with Gasteiger partial charge in [0.15, 0.2) is 5.82 Å². The minimum absolute atomic E-state index is 0.0289. The van der Waals surface area contributed by atoms with Crippen LogP contribution in [0, 0.1) is 11.8 Å². The Balaban J connectivity index is 1.36. The number of aromatic nitrogens is 2. The van der Waals surface area contributed by atoms with Gasteiger partial charge < -0.3 is 14.2 Å². The smallest absolute Gasteiger partial charge is 0.252 e. The minimum atomic E-state index is -0.0289. The zero-order valence-electron chi connectivity index (χ0n) is 16.6. The largest absolute Gasteiger partial charge is 0.375 e. The van der Waals surface area contributed by atoms with E-state index in [1.54, 1.807) is 7.11 Å². The van der Waals surface area contributed by atoms with E-state index in [0.29, 0.717) is 18.4 Å². The van der Waals surface area contributed by atoms with Crippen molar-refractivity contribution >= 4 is 5.91 Å². The topological polar surface area (TPSA) is 68.5 Å². The third-order valence-corrected chi connectivity index (χ3v) is 6.90. The van der Waals surface area contributed by atoms with Crippen LogP contribution >= 0.6 is 0 Å². The van der Waals surface area contributed by atoms with Crippen LogP contribution in [0.25, 0.3) is 0 Å². The van der Waals surface area contributed by atoms with Crippen molar-refractivity contribution in [2.24, 2.45) is 11.8 Å². The Morgan fingerprint density at radius 3 is 2.59 bits per heavy atom. The van der Waals surface area contributed by atoms with Gasteiger partial charge in [-0.05, 0) is 37.5 Å². The fourth-order valence-corrected chi connectivity index (χ4v) is 5.01. The maximum Gasteiger partial charge on any atom is 0.252 e. The van der Waals surface area contributed by atoms with Gasteiger partial charge in [-0.3, -0.25) is 4.79 Å². The number of ether oxygens (including phenoxy) is 1. The molecular formula is C21H33N3O3. The third kappa shape index (κ3) is 4.53. The minimum Gasteiger partial charge on any atom is -0.375 e. The van der Waals surface area contributed by atoms with Crippen molar-refractivity contribution in [3.8, 4) is 0 Å². The number of nitrogens with zero attached hydrogens (tertiary/aromatic N) is 3. The molecule has 0 radical (unpaired) electrons. The van der Waals surface area contributed by atoms with E-state index in [9.17, 15) is 4.79 Å². The predicted octanol–water partition coefficient (Wildman–Crippen LogP) is 3.85. The van der Waals surface area contributed by atoms with Gasteiger partial charge in [-0.2, -0.15) is 4.98 Å². The number of carbonyl (C=O) groups excluding carboxylic acids is 1. The first-order valence-corrected chi connectivity index (χ1v) is 10.8. The Morgan fingerprint density at radius 2 is 1.93 bits per heavy atom. The van der Waals surface area contributed by atoms with Crippen molar-refractivity contribution in [3.63, 3.8) is 0 Å². The molecule has 2 heterocycles. The van der Waals surface area contributed by atoms with E-state index in [0.717, 1.165) is 62.9 Å². The van der Waals surface area contributed by atoms with Gasteiger partial charge in [-0.15, -0.1) is 0 Å². The van der Waals surface area contributed by atoms with E-state index in [-0.39, 0.29) is 5.41 Å². The molecule has 6 nitrogen and oxygen atoms in total. The predicted molar refractivity (Wildman–Crippen MR) is 101 cm³/mol. The summed E-state index contributed by atoms with van der Waals surface area (Å²) >= 11 is 0. The number of hydrogen-bond acceptors (Lipinski definition) is 5. The van der Waals surface area contributed by atoms with Crippen molar-refractivity contribution in [1.29, 1.82) is 0 Å². The van der Waals surface area contributed by atoms with Crippen molar-refractivity contribution < 1.29 is 14.1 Å². The van der Waals surface area contributed by atoms with Crippen LogP contribution in [0.4, 0.5) is 0 Å². The van der Waals surface area contributed by atoms with Gasteiger partial charge in [0, 0.05) is 32.0 Å². The molecule has 3 aliphatic rings. The molecule has 1 saturated heterocycles. The Bertz CT molecular complexity index is 626. The average Bonchev–Trinajstić information content (AvgIpc) is 3.13. The van der Waals surface area contributed by atoms with Crippen LogP contribution in [0.5, 0.6) is 0 Å². The number of hydrogen-bond donors (Lipinski definition) is 0. The standard InChI is InChI=1S/C21H33N3O3/c1-26-15-18-22-20(23-27-18)21(14-17-6-7-17)10-12-24(13-11-21)19(25)9-8-16-4-2-3-5-16/h16-17H,2-15H2,1H3. The highest BCUT2D eigenvalue weighted by atomic mass is 16.5. The normalized spacial score (nSPS) is 23.1. The van der Waals surface area contributed by atoms with Crippen LogP contribution < -0.4 is 0 Å². The van der Waals surface area contributed by atoms with Gasteiger partial charge in [-0.1, -0.05) is 43.7 Å². The lowest BCUT2D eigenvalue weighted by molar-refractivity contribution is -0.133. The molecule has 1 amide bonds. The molecule has 1 aromatic rings. The van der Waals surface area contributed by atoms with Gasteiger partial charge in [0.25, 0.3) is 5.89 Å². The van der Waals surface area contributed by atoms with Crippen molar-refractivity contribution in [1.82, 2.24) is 15.0 Å². The molecular weight excluding hydrogens is 342 g/mol. The number of rotatable bonds is 8. The summed E-state index contributed by atoms with van der Waals surface area (Å²) in [4.78, 5) is 19.4. The fraction of sp³-hybridized carbons (Fsp3) is 0.857. The zero-order chi connectivity index (χ0) is 18.7. The quantitative estimate of drug-likeness (QED) is 0.690. The summed E-state index contributed by atoms with van der Waals surface area (Å²) in [5, 5.41) is 4.30. The van der Waals surface area contributed by atoms with Gasteiger partial charge in [-0.25, -0.2) is 0 Å². The summed E-state index contributed by atoms with van der Waals surface area (Å²) in [5.74, 6) is 3.30. The van der Waals surface area contributed by atoms with Gasteiger partial charge in [0.05, 0.1) is 0 Å². The van der Waals surface area contributed by atoms with Crippen LogP contribution in [-0.4, -0.2) is 41.1 Å². The second-order valence-electron chi connectivity index (χ2n) is 8.94. The van der Waals surface area contributed by atoms with Crippen molar-refractivity contribution in [2.45, 2.75) is 82.7 Å². The lowest BCUT2D eigenvalue weighted by atomic mass is 9.73.